The summed E-state index contributed by atoms with van der Waals surface area (Å²) < 4.78 is 16.3. The van der Waals surface area contributed by atoms with Crippen LogP contribution in [0.5, 0.6) is 17.2 Å². The lowest BCUT2D eigenvalue weighted by atomic mass is 10.0. The number of fused-ring (bicyclic) bond motifs is 1. The number of ether oxygens (including phenoxy) is 3. The molecule has 6 heteroatoms. The molecule has 2 atom stereocenters. The smallest absolute Gasteiger partial charge is 0.231 e. The topological polar surface area (TPSA) is 63.8 Å². The summed E-state index contributed by atoms with van der Waals surface area (Å²) in [7, 11) is 0. The van der Waals surface area contributed by atoms with Gasteiger partial charge >= 0.3 is 0 Å². The van der Waals surface area contributed by atoms with Gasteiger partial charge in [0.2, 0.25) is 6.79 Å². The highest BCUT2D eigenvalue weighted by Gasteiger charge is 2.21. The minimum absolute atomic E-state index is 0.294. The van der Waals surface area contributed by atoms with Crippen LogP contribution in [0, 0.1) is 5.92 Å². The number of hydrogen-bond acceptors (Lipinski definition) is 6. The Balaban J connectivity index is 1.35. The maximum absolute atomic E-state index is 5.69. The van der Waals surface area contributed by atoms with E-state index in [4.69, 9.17) is 14.2 Å². The molecule has 1 aromatic rings. The monoisotopic (exact) mass is 279 g/mol. The van der Waals surface area contributed by atoms with E-state index in [0.717, 1.165) is 36.9 Å². The van der Waals surface area contributed by atoms with Crippen molar-refractivity contribution >= 4 is 0 Å². The summed E-state index contributed by atoms with van der Waals surface area (Å²) in [4.78, 5) is 0. The fraction of sp³-hybridized carbons (Fsp3) is 0.571. The first-order valence-corrected chi connectivity index (χ1v) is 7.04. The summed E-state index contributed by atoms with van der Waals surface area (Å²) in [6.07, 6.45) is 0. The quantitative estimate of drug-likeness (QED) is 0.659. The van der Waals surface area contributed by atoms with Gasteiger partial charge in [-0.25, -0.2) is 0 Å². The van der Waals surface area contributed by atoms with Crippen LogP contribution in [-0.4, -0.2) is 39.1 Å². The molecule has 0 amide bonds. The first kappa shape index (κ1) is 13.5. The third kappa shape index (κ3) is 3.15. The van der Waals surface area contributed by atoms with Gasteiger partial charge in [0.25, 0.3) is 0 Å². The summed E-state index contributed by atoms with van der Waals surface area (Å²) in [5.41, 5.74) is 6.38. The molecule has 0 aromatic heterocycles. The highest BCUT2D eigenvalue weighted by molar-refractivity contribution is 5.46. The largest absolute Gasteiger partial charge is 0.492 e. The SMILES string of the molecule is CC1NNCC1CNCCOc1ccc2c(c1)OCO2. The van der Waals surface area contributed by atoms with Crippen molar-refractivity contribution in [2.24, 2.45) is 5.92 Å². The normalized spacial score (nSPS) is 24.1. The van der Waals surface area contributed by atoms with Crippen LogP contribution in [0.4, 0.5) is 0 Å². The standard InChI is InChI=1S/C14H21N3O3/c1-10-11(8-16-17-10)7-15-4-5-18-12-2-3-13-14(6-12)20-9-19-13/h2-3,6,10-11,15-17H,4-5,7-9H2,1H3. The van der Waals surface area contributed by atoms with Gasteiger partial charge < -0.3 is 19.5 Å². The zero-order valence-electron chi connectivity index (χ0n) is 11.6. The molecule has 0 saturated carbocycles. The van der Waals surface area contributed by atoms with Crippen molar-refractivity contribution in [3.63, 3.8) is 0 Å². The molecule has 1 aromatic carbocycles. The molecule has 6 nitrogen and oxygen atoms in total. The van der Waals surface area contributed by atoms with Gasteiger partial charge in [0, 0.05) is 37.7 Å². The van der Waals surface area contributed by atoms with Crippen LogP contribution in [0.2, 0.25) is 0 Å². The van der Waals surface area contributed by atoms with E-state index in [1.54, 1.807) is 0 Å². The lowest BCUT2D eigenvalue weighted by Gasteiger charge is -2.14. The van der Waals surface area contributed by atoms with E-state index in [9.17, 15) is 0 Å². The molecule has 20 heavy (non-hydrogen) atoms. The Kier molecular flexibility index (Phi) is 4.25. The van der Waals surface area contributed by atoms with E-state index in [0.29, 0.717) is 25.4 Å². The molecular weight excluding hydrogens is 258 g/mol. The molecule has 0 radical (unpaired) electrons. The molecule has 3 rings (SSSR count). The predicted molar refractivity (Wildman–Crippen MR) is 75.0 cm³/mol. The molecule has 2 heterocycles. The second kappa shape index (κ2) is 6.30. The summed E-state index contributed by atoms with van der Waals surface area (Å²) in [5.74, 6) is 2.98. The van der Waals surface area contributed by atoms with Crippen LogP contribution in [0.3, 0.4) is 0 Å². The summed E-state index contributed by atoms with van der Waals surface area (Å²) in [6, 6.07) is 6.16. The first-order valence-electron chi connectivity index (χ1n) is 7.04. The zero-order valence-corrected chi connectivity index (χ0v) is 11.6. The van der Waals surface area contributed by atoms with Crippen molar-refractivity contribution in [3.05, 3.63) is 18.2 Å². The van der Waals surface area contributed by atoms with Gasteiger partial charge in [0.15, 0.2) is 11.5 Å². The van der Waals surface area contributed by atoms with Crippen LogP contribution >= 0.6 is 0 Å². The first-order chi connectivity index (χ1) is 9.83. The highest BCUT2D eigenvalue weighted by Crippen LogP contribution is 2.34. The lowest BCUT2D eigenvalue weighted by Crippen LogP contribution is -2.34. The third-order valence-corrected chi connectivity index (χ3v) is 3.70. The van der Waals surface area contributed by atoms with E-state index in [1.165, 1.54) is 0 Å². The van der Waals surface area contributed by atoms with Gasteiger partial charge in [-0.05, 0) is 19.1 Å². The van der Waals surface area contributed by atoms with E-state index in [2.05, 4.69) is 23.1 Å². The Morgan fingerprint density at radius 2 is 2.25 bits per heavy atom. The maximum Gasteiger partial charge on any atom is 0.231 e. The van der Waals surface area contributed by atoms with Crippen molar-refractivity contribution in [1.29, 1.82) is 0 Å². The van der Waals surface area contributed by atoms with Gasteiger partial charge in [-0.2, -0.15) is 0 Å². The molecule has 2 unspecified atom stereocenters. The Morgan fingerprint density at radius 3 is 3.10 bits per heavy atom. The van der Waals surface area contributed by atoms with Crippen LogP contribution in [0.1, 0.15) is 6.92 Å². The molecule has 1 saturated heterocycles. The van der Waals surface area contributed by atoms with Crippen molar-refractivity contribution < 1.29 is 14.2 Å². The van der Waals surface area contributed by atoms with Crippen LogP contribution < -0.4 is 30.4 Å². The summed E-state index contributed by atoms with van der Waals surface area (Å²) in [6.45, 7) is 5.96. The fourth-order valence-electron chi connectivity index (χ4n) is 2.39. The molecular formula is C14H21N3O3. The summed E-state index contributed by atoms with van der Waals surface area (Å²) in [5, 5.41) is 3.42. The molecule has 1 fully saturated rings. The van der Waals surface area contributed by atoms with E-state index in [-0.39, 0.29) is 0 Å². The van der Waals surface area contributed by atoms with E-state index in [1.807, 2.05) is 18.2 Å². The molecule has 2 aliphatic rings. The number of rotatable bonds is 6. The Morgan fingerprint density at radius 1 is 1.35 bits per heavy atom. The minimum Gasteiger partial charge on any atom is -0.492 e. The fourth-order valence-corrected chi connectivity index (χ4v) is 2.39. The van der Waals surface area contributed by atoms with Crippen molar-refractivity contribution in [2.75, 3.05) is 33.0 Å². The predicted octanol–water partition coefficient (Wildman–Crippen LogP) is 0.496. The molecule has 3 N–H and O–H groups in total. The number of nitrogens with one attached hydrogen (secondary N) is 3. The Hall–Kier alpha value is -1.50. The Bertz CT molecular complexity index is 455. The maximum atomic E-state index is 5.69. The second-order valence-corrected chi connectivity index (χ2v) is 5.14. The molecule has 0 aliphatic carbocycles. The van der Waals surface area contributed by atoms with Gasteiger partial charge in [0.1, 0.15) is 12.4 Å². The van der Waals surface area contributed by atoms with E-state index >= 15 is 0 Å². The molecule has 0 spiro atoms. The molecule has 2 aliphatic heterocycles. The van der Waals surface area contributed by atoms with Crippen molar-refractivity contribution in [2.45, 2.75) is 13.0 Å². The van der Waals surface area contributed by atoms with Crippen LogP contribution in [-0.2, 0) is 0 Å². The average molecular weight is 279 g/mol. The Labute approximate surface area is 118 Å². The number of hydrogen-bond donors (Lipinski definition) is 3. The van der Waals surface area contributed by atoms with Crippen molar-refractivity contribution in [1.82, 2.24) is 16.2 Å². The number of hydrazine groups is 1. The number of benzene rings is 1. The lowest BCUT2D eigenvalue weighted by molar-refractivity contribution is 0.173. The molecule has 110 valence electrons. The third-order valence-electron chi connectivity index (χ3n) is 3.70. The second-order valence-electron chi connectivity index (χ2n) is 5.14. The van der Waals surface area contributed by atoms with Gasteiger partial charge in [-0.3, -0.25) is 10.9 Å². The van der Waals surface area contributed by atoms with Gasteiger partial charge in [-0.15, -0.1) is 0 Å². The average Bonchev–Trinajstić information content (AvgIpc) is 3.07. The van der Waals surface area contributed by atoms with Gasteiger partial charge in [-0.1, -0.05) is 0 Å². The van der Waals surface area contributed by atoms with Crippen LogP contribution in [0.25, 0.3) is 0 Å². The van der Waals surface area contributed by atoms with Gasteiger partial charge in [0.05, 0.1) is 0 Å². The molecule has 0 bridgehead atoms. The highest BCUT2D eigenvalue weighted by atomic mass is 16.7. The zero-order chi connectivity index (χ0) is 13.8. The summed E-state index contributed by atoms with van der Waals surface area (Å²) >= 11 is 0. The minimum atomic E-state index is 0.294. The van der Waals surface area contributed by atoms with E-state index < -0.39 is 0 Å². The van der Waals surface area contributed by atoms with Crippen molar-refractivity contribution in [3.8, 4) is 17.2 Å². The van der Waals surface area contributed by atoms with Crippen LogP contribution in [0.15, 0.2) is 18.2 Å².